The number of piperidine rings is 1. The summed E-state index contributed by atoms with van der Waals surface area (Å²) in [6.07, 6.45) is 8.53. The first-order valence-electron chi connectivity index (χ1n) is 7.16. The Hall–Kier alpha value is -0.0800. The van der Waals surface area contributed by atoms with Crippen LogP contribution >= 0.6 is 0 Å². The summed E-state index contributed by atoms with van der Waals surface area (Å²) in [7, 11) is 0. The lowest BCUT2D eigenvalue weighted by Gasteiger charge is -2.43. The highest BCUT2D eigenvalue weighted by atomic mass is 15.2. The van der Waals surface area contributed by atoms with Gasteiger partial charge in [-0.1, -0.05) is 19.3 Å². The third-order valence-corrected chi connectivity index (χ3v) is 4.83. The summed E-state index contributed by atoms with van der Waals surface area (Å²) in [6, 6.07) is 1.55. The van der Waals surface area contributed by atoms with E-state index in [0.29, 0.717) is 0 Å². The zero-order valence-corrected chi connectivity index (χ0v) is 11.0. The van der Waals surface area contributed by atoms with Crippen LogP contribution in [0.15, 0.2) is 0 Å². The molecule has 1 aliphatic carbocycles. The maximum atomic E-state index is 5.82. The zero-order valence-electron chi connectivity index (χ0n) is 11.0. The van der Waals surface area contributed by atoms with E-state index >= 15 is 0 Å². The highest BCUT2D eigenvalue weighted by Crippen LogP contribution is 2.33. The Balaban J connectivity index is 1.84. The van der Waals surface area contributed by atoms with Crippen LogP contribution in [0.4, 0.5) is 0 Å². The summed E-state index contributed by atoms with van der Waals surface area (Å²) in [5, 5.41) is 0. The molecule has 3 atom stereocenters. The maximum Gasteiger partial charge on any atom is 0.00725 e. The molecular formula is C14H28N2. The van der Waals surface area contributed by atoms with Crippen molar-refractivity contribution >= 4 is 0 Å². The molecular weight excluding hydrogens is 196 g/mol. The van der Waals surface area contributed by atoms with Crippen LogP contribution in [0.3, 0.4) is 0 Å². The van der Waals surface area contributed by atoms with Crippen molar-refractivity contribution in [2.75, 3.05) is 13.1 Å². The van der Waals surface area contributed by atoms with Gasteiger partial charge in [0.25, 0.3) is 0 Å². The van der Waals surface area contributed by atoms with Crippen molar-refractivity contribution in [3.63, 3.8) is 0 Å². The van der Waals surface area contributed by atoms with Gasteiger partial charge in [-0.3, -0.25) is 4.90 Å². The smallest absolute Gasteiger partial charge is 0.00725 e. The van der Waals surface area contributed by atoms with E-state index in [1.807, 2.05) is 0 Å². The van der Waals surface area contributed by atoms with Crippen molar-refractivity contribution in [3.8, 4) is 0 Å². The molecule has 1 saturated carbocycles. The molecule has 0 aromatic heterocycles. The molecule has 1 saturated heterocycles. The van der Waals surface area contributed by atoms with Gasteiger partial charge in [-0.25, -0.2) is 0 Å². The van der Waals surface area contributed by atoms with Crippen molar-refractivity contribution in [2.24, 2.45) is 17.6 Å². The molecule has 2 rings (SSSR count). The second kappa shape index (κ2) is 5.50. The minimum Gasteiger partial charge on any atom is -0.330 e. The molecule has 0 radical (unpaired) electrons. The van der Waals surface area contributed by atoms with E-state index in [-0.39, 0.29) is 0 Å². The van der Waals surface area contributed by atoms with E-state index in [4.69, 9.17) is 5.73 Å². The fourth-order valence-corrected chi connectivity index (χ4v) is 3.37. The number of likely N-dealkylation sites (tertiary alicyclic amines) is 1. The number of hydrogen-bond donors (Lipinski definition) is 1. The molecule has 1 aliphatic heterocycles. The van der Waals surface area contributed by atoms with Crippen LogP contribution in [0, 0.1) is 11.8 Å². The minimum absolute atomic E-state index is 0.750. The van der Waals surface area contributed by atoms with E-state index < -0.39 is 0 Å². The highest BCUT2D eigenvalue weighted by molar-refractivity contribution is 4.85. The first kappa shape index (κ1) is 12.4. The van der Waals surface area contributed by atoms with Crippen LogP contribution in [0.5, 0.6) is 0 Å². The number of nitrogens with zero attached hydrogens (tertiary/aromatic N) is 1. The van der Waals surface area contributed by atoms with Gasteiger partial charge in [0.2, 0.25) is 0 Å². The summed E-state index contributed by atoms with van der Waals surface area (Å²) in [5.74, 6) is 1.78. The van der Waals surface area contributed by atoms with Crippen LogP contribution in [0.2, 0.25) is 0 Å². The van der Waals surface area contributed by atoms with E-state index in [0.717, 1.165) is 30.5 Å². The van der Waals surface area contributed by atoms with Gasteiger partial charge in [0.15, 0.2) is 0 Å². The average Bonchev–Trinajstić information content (AvgIpc) is 2.24. The highest BCUT2D eigenvalue weighted by Gasteiger charge is 2.30. The molecule has 16 heavy (non-hydrogen) atoms. The molecule has 0 bridgehead atoms. The van der Waals surface area contributed by atoms with Crippen molar-refractivity contribution in [2.45, 2.75) is 64.5 Å². The van der Waals surface area contributed by atoms with Gasteiger partial charge in [0.05, 0.1) is 0 Å². The average molecular weight is 224 g/mol. The second-order valence-electron chi connectivity index (χ2n) is 6.11. The molecule has 0 amide bonds. The topological polar surface area (TPSA) is 29.3 Å². The summed E-state index contributed by atoms with van der Waals surface area (Å²) < 4.78 is 0. The lowest BCUT2D eigenvalue weighted by molar-refractivity contribution is 0.0616. The Morgan fingerprint density at radius 3 is 2.50 bits per heavy atom. The summed E-state index contributed by atoms with van der Waals surface area (Å²) in [6.45, 7) is 6.93. The molecule has 2 heteroatoms. The Kier molecular flexibility index (Phi) is 4.26. The van der Waals surface area contributed by atoms with Crippen molar-refractivity contribution < 1.29 is 0 Å². The van der Waals surface area contributed by atoms with E-state index in [1.54, 1.807) is 0 Å². The summed E-state index contributed by atoms with van der Waals surface area (Å²) >= 11 is 0. The van der Waals surface area contributed by atoms with Gasteiger partial charge in [0, 0.05) is 18.6 Å². The second-order valence-corrected chi connectivity index (χ2v) is 6.11. The molecule has 2 N–H and O–H groups in total. The molecule has 3 unspecified atom stereocenters. The maximum absolute atomic E-state index is 5.82. The van der Waals surface area contributed by atoms with Gasteiger partial charge in [0.1, 0.15) is 0 Å². The van der Waals surface area contributed by atoms with E-state index in [1.165, 1.54) is 45.1 Å². The normalized spacial score (nSPS) is 34.7. The van der Waals surface area contributed by atoms with Crippen molar-refractivity contribution in [3.05, 3.63) is 0 Å². The van der Waals surface area contributed by atoms with E-state index in [9.17, 15) is 0 Å². The zero-order chi connectivity index (χ0) is 11.5. The fourth-order valence-electron chi connectivity index (χ4n) is 3.37. The van der Waals surface area contributed by atoms with Gasteiger partial charge in [-0.2, -0.15) is 0 Å². The standard InChI is InChI=1S/C14H28N2/c1-11-6-7-14(9-15)10-16(11)12(2)8-13-4-3-5-13/h11-14H,3-10,15H2,1-2H3. The molecule has 0 aromatic carbocycles. The van der Waals surface area contributed by atoms with Gasteiger partial charge >= 0.3 is 0 Å². The Morgan fingerprint density at radius 2 is 1.94 bits per heavy atom. The van der Waals surface area contributed by atoms with Gasteiger partial charge in [-0.15, -0.1) is 0 Å². The molecule has 2 aliphatic rings. The molecule has 2 nitrogen and oxygen atoms in total. The third kappa shape index (κ3) is 2.78. The predicted octanol–water partition coefficient (Wildman–Crippen LogP) is 2.62. The minimum atomic E-state index is 0.750. The van der Waals surface area contributed by atoms with Crippen molar-refractivity contribution in [1.82, 2.24) is 4.90 Å². The molecule has 0 aromatic rings. The molecule has 94 valence electrons. The Morgan fingerprint density at radius 1 is 1.19 bits per heavy atom. The predicted molar refractivity (Wildman–Crippen MR) is 69.4 cm³/mol. The molecule has 0 spiro atoms. The first-order chi connectivity index (χ1) is 7.70. The van der Waals surface area contributed by atoms with Crippen LogP contribution in [-0.4, -0.2) is 30.1 Å². The summed E-state index contributed by atoms with van der Waals surface area (Å²) in [5.41, 5.74) is 5.82. The van der Waals surface area contributed by atoms with Crippen LogP contribution in [0.1, 0.15) is 52.4 Å². The molecule has 2 fully saturated rings. The summed E-state index contributed by atoms with van der Waals surface area (Å²) in [4.78, 5) is 2.72. The monoisotopic (exact) mass is 224 g/mol. The third-order valence-electron chi connectivity index (χ3n) is 4.83. The quantitative estimate of drug-likeness (QED) is 0.795. The lowest BCUT2D eigenvalue weighted by atomic mass is 9.80. The number of nitrogens with two attached hydrogens (primary N) is 1. The Bertz CT molecular complexity index is 213. The lowest BCUT2D eigenvalue weighted by Crippen LogP contribution is -2.49. The van der Waals surface area contributed by atoms with Gasteiger partial charge in [-0.05, 0) is 51.5 Å². The first-order valence-corrected chi connectivity index (χ1v) is 7.16. The fraction of sp³-hybridized carbons (Fsp3) is 1.00. The van der Waals surface area contributed by atoms with E-state index in [2.05, 4.69) is 18.7 Å². The number of rotatable bonds is 4. The Labute approximate surface area is 101 Å². The van der Waals surface area contributed by atoms with Gasteiger partial charge < -0.3 is 5.73 Å². The molecule has 1 heterocycles. The van der Waals surface area contributed by atoms with Crippen LogP contribution in [0.25, 0.3) is 0 Å². The largest absolute Gasteiger partial charge is 0.330 e. The van der Waals surface area contributed by atoms with Crippen LogP contribution < -0.4 is 5.73 Å². The van der Waals surface area contributed by atoms with Crippen molar-refractivity contribution in [1.29, 1.82) is 0 Å². The SMILES string of the molecule is CC1CCC(CN)CN1C(C)CC1CCC1. The number of hydrogen-bond acceptors (Lipinski definition) is 2. The van der Waals surface area contributed by atoms with Crippen LogP contribution in [-0.2, 0) is 0 Å².